The van der Waals surface area contributed by atoms with Crippen molar-refractivity contribution in [3.05, 3.63) is 18.1 Å². The van der Waals surface area contributed by atoms with Crippen LogP contribution < -0.4 is 4.90 Å². The van der Waals surface area contributed by atoms with E-state index in [2.05, 4.69) is 28.7 Å². The zero-order valence-corrected chi connectivity index (χ0v) is 8.62. The number of aromatic nitrogens is 2. The zero-order valence-electron chi connectivity index (χ0n) is 8.62. The molecule has 1 aromatic heterocycles. The molecule has 0 saturated carbocycles. The summed E-state index contributed by atoms with van der Waals surface area (Å²) in [6.07, 6.45) is 4.80. The highest BCUT2D eigenvalue weighted by Crippen LogP contribution is 2.08. The molecule has 0 radical (unpaired) electrons. The second-order valence-electron chi connectivity index (χ2n) is 3.10. The van der Waals surface area contributed by atoms with Crippen LogP contribution in [0.25, 0.3) is 0 Å². The summed E-state index contributed by atoms with van der Waals surface area (Å²) < 4.78 is 0. The van der Waals surface area contributed by atoms with Gasteiger partial charge in [-0.3, -0.25) is 4.98 Å². The minimum Gasteiger partial charge on any atom is -0.356 e. The highest BCUT2D eigenvalue weighted by atomic mass is 15.2. The van der Waals surface area contributed by atoms with E-state index >= 15 is 0 Å². The Morgan fingerprint density at radius 3 is 2.46 bits per heavy atom. The quantitative estimate of drug-likeness (QED) is 0.708. The highest BCUT2D eigenvalue weighted by Gasteiger charge is 2.03. The third-order valence-corrected chi connectivity index (χ3v) is 1.97. The minimum atomic E-state index is 0.969. The number of nitrogens with zero attached hydrogens (tertiary/aromatic N) is 3. The van der Waals surface area contributed by atoms with Crippen molar-refractivity contribution in [3.8, 4) is 0 Å². The molecule has 0 aliphatic heterocycles. The number of aryl methyl sites for hydroxylation is 1. The average molecular weight is 179 g/mol. The van der Waals surface area contributed by atoms with Gasteiger partial charge < -0.3 is 4.90 Å². The fourth-order valence-electron chi connectivity index (χ4n) is 1.25. The van der Waals surface area contributed by atoms with Gasteiger partial charge in [0.05, 0.1) is 18.1 Å². The van der Waals surface area contributed by atoms with E-state index in [0.29, 0.717) is 0 Å². The van der Waals surface area contributed by atoms with Gasteiger partial charge in [0.15, 0.2) is 0 Å². The third-order valence-electron chi connectivity index (χ3n) is 1.97. The van der Waals surface area contributed by atoms with Gasteiger partial charge in [0, 0.05) is 13.1 Å². The molecule has 0 aliphatic carbocycles. The lowest BCUT2D eigenvalue weighted by atomic mass is 10.4. The predicted octanol–water partition coefficient (Wildman–Crippen LogP) is 2.02. The summed E-state index contributed by atoms with van der Waals surface area (Å²) >= 11 is 0. The maximum absolute atomic E-state index is 4.33. The Morgan fingerprint density at radius 1 is 1.23 bits per heavy atom. The first-order chi connectivity index (χ1) is 6.27. The molecule has 0 aromatic carbocycles. The predicted molar refractivity (Wildman–Crippen MR) is 54.9 cm³/mol. The molecule has 0 amide bonds. The fourth-order valence-corrected chi connectivity index (χ4v) is 1.25. The molecule has 0 aliphatic rings. The smallest absolute Gasteiger partial charge is 0.147 e. The van der Waals surface area contributed by atoms with E-state index in [1.165, 1.54) is 0 Å². The molecule has 1 aromatic rings. The van der Waals surface area contributed by atoms with Crippen LogP contribution in [0.4, 0.5) is 5.82 Å². The Labute approximate surface area is 79.8 Å². The van der Waals surface area contributed by atoms with Crippen molar-refractivity contribution in [1.82, 2.24) is 9.97 Å². The van der Waals surface area contributed by atoms with Crippen molar-refractivity contribution in [3.63, 3.8) is 0 Å². The van der Waals surface area contributed by atoms with E-state index < -0.39 is 0 Å². The second-order valence-corrected chi connectivity index (χ2v) is 3.10. The lowest BCUT2D eigenvalue weighted by molar-refractivity contribution is 0.774. The average Bonchev–Trinajstić information content (AvgIpc) is 2.16. The fraction of sp³-hybridized carbons (Fsp3) is 0.600. The van der Waals surface area contributed by atoms with E-state index in [9.17, 15) is 0 Å². The van der Waals surface area contributed by atoms with Crippen molar-refractivity contribution in [2.45, 2.75) is 27.2 Å². The van der Waals surface area contributed by atoms with E-state index in [1.54, 1.807) is 0 Å². The monoisotopic (exact) mass is 179 g/mol. The zero-order chi connectivity index (χ0) is 9.68. The maximum atomic E-state index is 4.33. The van der Waals surface area contributed by atoms with Crippen molar-refractivity contribution in [2.75, 3.05) is 18.0 Å². The van der Waals surface area contributed by atoms with E-state index in [-0.39, 0.29) is 0 Å². The standard InChI is InChI=1S/C10H17N3/c1-4-6-13(5-2)10-8-11-9(3)7-12-10/h7-8H,4-6H2,1-3H3. The topological polar surface area (TPSA) is 29.0 Å². The van der Waals surface area contributed by atoms with Crippen LogP contribution >= 0.6 is 0 Å². The molecule has 3 heteroatoms. The number of hydrogen-bond acceptors (Lipinski definition) is 3. The van der Waals surface area contributed by atoms with E-state index in [0.717, 1.165) is 31.0 Å². The number of hydrogen-bond donors (Lipinski definition) is 0. The van der Waals surface area contributed by atoms with Gasteiger partial charge in [-0.15, -0.1) is 0 Å². The SMILES string of the molecule is CCCN(CC)c1cnc(C)cn1. The lowest BCUT2D eigenvalue weighted by Gasteiger charge is -2.20. The van der Waals surface area contributed by atoms with Gasteiger partial charge >= 0.3 is 0 Å². The molecule has 13 heavy (non-hydrogen) atoms. The summed E-state index contributed by atoms with van der Waals surface area (Å²) in [7, 11) is 0. The second kappa shape index (κ2) is 4.80. The van der Waals surface area contributed by atoms with Crippen LogP contribution in [0.3, 0.4) is 0 Å². The minimum absolute atomic E-state index is 0.969. The van der Waals surface area contributed by atoms with Gasteiger partial charge in [-0.25, -0.2) is 4.98 Å². The Kier molecular flexibility index (Phi) is 3.68. The van der Waals surface area contributed by atoms with Gasteiger partial charge in [0.25, 0.3) is 0 Å². The molecule has 0 N–H and O–H groups in total. The summed E-state index contributed by atoms with van der Waals surface area (Å²) in [5.41, 5.74) is 0.969. The van der Waals surface area contributed by atoms with Gasteiger partial charge in [-0.1, -0.05) is 6.92 Å². The van der Waals surface area contributed by atoms with Crippen LogP contribution in [-0.2, 0) is 0 Å². The van der Waals surface area contributed by atoms with Crippen molar-refractivity contribution in [1.29, 1.82) is 0 Å². The molecule has 0 atom stereocenters. The number of anilines is 1. The molecule has 0 fully saturated rings. The van der Waals surface area contributed by atoms with Crippen molar-refractivity contribution < 1.29 is 0 Å². The Hall–Kier alpha value is -1.12. The summed E-state index contributed by atoms with van der Waals surface area (Å²) in [5, 5.41) is 0. The molecule has 0 saturated heterocycles. The Balaban J connectivity index is 2.73. The van der Waals surface area contributed by atoms with Crippen LogP contribution in [0.15, 0.2) is 12.4 Å². The summed E-state index contributed by atoms with van der Waals surface area (Å²) in [6.45, 7) is 8.30. The van der Waals surface area contributed by atoms with Crippen LogP contribution in [0, 0.1) is 6.92 Å². The van der Waals surface area contributed by atoms with Crippen molar-refractivity contribution >= 4 is 5.82 Å². The van der Waals surface area contributed by atoms with Crippen LogP contribution in [0.5, 0.6) is 0 Å². The van der Waals surface area contributed by atoms with Crippen LogP contribution in [-0.4, -0.2) is 23.1 Å². The van der Waals surface area contributed by atoms with Crippen LogP contribution in [0.1, 0.15) is 26.0 Å². The summed E-state index contributed by atoms with van der Waals surface area (Å²) in [6, 6.07) is 0. The van der Waals surface area contributed by atoms with Gasteiger partial charge in [-0.05, 0) is 20.3 Å². The molecule has 3 nitrogen and oxygen atoms in total. The normalized spacial score (nSPS) is 10.1. The molecule has 1 rings (SSSR count). The van der Waals surface area contributed by atoms with E-state index in [4.69, 9.17) is 0 Å². The first-order valence-electron chi connectivity index (χ1n) is 4.81. The molecule has 0 spiro atoms. The van der Waals surface area contributed by atoms with Crippen LogP contribution in [0.2, 0.25) is 0 Å². The molecule has 0 unspecified atom stereocenters. The summed E-state index contributed by atoms with van der Waals surface area (Å²) in [5.74, 6) is 0.981. The molecular weight excluding hydrogens is 162 g/mol. The Bertz CT molecular complexity index is 243. The maximum Gasteiger partial charge on any atom is 0.147 e. The van der Waals surface area contributed by atoms with Gasteiger partial charge in [0.2, 0.25) is 0 Å². The third kappa shape index (κ3) is 2.68. The number of rotatable bonds is 4. The largest absolute Gasteiger partial charge is 0.356 e. The first kappa shape index (κ1) is 9.96. The Morgan fingerprint density at radius 2 is 2.00 bits per heavy atom. The molecule has 72 valence electrons. The lowest BCUT2D eigenvalue weighted by Crippen LogP contribution is -2.24. The molecule has 0 bridgehead atoms. The van der Waals surface area contributed by atoms with Gasteiger partial charge in [0.1, 0.15) is 5.82 Å². The molecular formula is C10H17N3. The van der Waals surface area contributed by atoms with Crippen molar-refractivity contribution in [2.24, 2.45) is 0 Å². The summed E-state index contributed by atoms with van der Waals surface area (Å²) in [4.78, 5) is 10.8. The van der Waals surface area contributed by atoms with E-state index in [1.807, 2.05) is 19.3 Å². The van der Waals surface area contributed by atoms with Gasteiger partial charge in [-0.2, -0.15) is 0 Å². The molecule has 1 heterocycles. The first-order valence-corrected chi connectivity index (χ1v) is 4.81. The highest BCUT2D eigenvalue weighted by molar-refractivity contribution is 5.35.